The molecule has 2 N–H and O–H groups in total. The largest absolute Gasteiger partial charge is 0.350 e. The molecule has 8 heteroatoms. The summed E-state index contributed by atoms with van der Waals surface area (Å²) in [5.41, 5.74) is 0.917. The summed E-state index contributed by atoms with van der Waals surface area (Å²) in [5, 5.41) is 9.93. The summed E-state index contributed by atoms with van der Waals surface area (Å²) < 4.78 is 1.73. The molecule has 29 heavy (non-hydrogen) atoms. The highest BCUT2D eigenvalue weighted by atomic mass is 16.2. The van der Waals surface area contributed by atoms with Crippen molar-refractivity contribution >= 4 is 17.8 Å². The molecular weight excluding hydrogens is 370 g/mol. The fraction of sp³-hybridized carbons (Fsp3) is 0.429. The minimum Gasteiger partial charge on any atom is -0.350 e. The Bertz CT molecular complexity index is 925. The topological polar surface area (TPSA) is 96.3 Å². The van der Waals surface area contributed by atoms with Crippen LogP contribution in [0.5, 0.6) is 0 Å². The molecule has 1 spiro atoms. The van der Waals surface area contributed by atoms with Crippen molar-refractivity contribution in [2.45, 2.75) is 44.7 Å². The summed E-state index contributed by atoms with van der Waals surface area (Å²) in [4.78, 5) is 38.7. The van der Waals surface area contributed by atoms with Crippen LogP contribution in [0, 0.1) is 5.92 Å². The fourth-order valence-electron chi connectivity index (χ4n) is 4.21. The van der Waals surface area contributed by atoms with Gasteiger partial charge in [0.2, 0.25) is 5.91 Å². The van der Waals surface area contributed by atoms with Gasteiger partial charge in [-0.05, 0) is 30.9 Å². The lowest BCUT2D eigenvalue weighted by molar-refractivity contribution is -0.137. The Hall–Kier alpha value is -3.16. The number of imide groups is 1. The summed E-state index contributed by atoms with van der Waals surface area (Å²) >= 11 is 0. The third kappa shape index (κ3) is 3.62. The maximum absolute atomic E-state index is 12.9. The number of rotatable bonds is 5. The molecule has 1 aromatic carbocycles. The third-order valence-electron chi connectivity index (χ3n) is 5.95. The van der Waals surface area contributed by atoms with Crippen LogP contribution < -0.4 is 10.6 Å². The van der Waals surface area contributed by atoms with Gasteiger partial charge in [0.15, 0.2) is 0 Å². The molecular formula is C21H25N5O3. The van der Waals surface area contributed by atoms with Gasteiger partial charge in [-0.1, -0.05) is 38.0 Å². The first-order valence-electron chi connectivity index (χ1n) is 9.99. The fourth-order valence-corrected chi connectivity index (χ4v) is 4.21. The highest BCUT2D eigenvalue weighted by Crippen LogP contribution is 2.38. The molecule has 152 valence electrons. The highest BCUT2D eigenvalue weighted by molar-refractivity contribution is 6.09. The van der Waals surface area contributed by atoms with Gasteiger partial charge in [-0.2, -0.15) is 5.10 Å². The van der Waals surface area contributed by atoms with Gasteiger partial charge in [-0.25, -0.2) is 9.48 Å². The maximum Gasteiger partial charge on any atom is 0.325 e. The number of para-hydroxylation sites is 1. The van der Waals surface area contributed by atoms with E-state index in [0.717, 1.165) is 35.4 Å². The minimum atomic E-state index is -0.841. The molecule has 1 saturated heterocycles. The average molecular weight is 395 g/mol. The zero-order valence-electron chi connectivity index (χ0n) is 16.4. The van der Waals surface area contributed by atoms with E-state index in [1.807, 2.05) is 43.5 Å². The molecule has 1 saturated carbocycles. The Morgan fingerprint density at radius 1 is 1.28 bits per heavy atom. The van der Waals surface area contributed by atoms with Crippen LogP contribution in [0.25, 0.3) is 5.69 Å². The Balaban J connectivity index is 1.35. The number of hydrogen-bond acceptors (Lipinski definition) is 4. The lowest BCUT2D eigenvalue weighted by Gasteiger charge is -2.36. The first-order valence-corrected chi connectivity index (χ1v) is 9.99. The molecule has 2 unspecified atom stereocenters. The SMILES string of the molecule is CC1CCCCC12NC(=O)N(CC(=O)NCc1cnn(-c3ccccc3)c1)C2=O. The molecule has 2 heterocycles. The van der Waals surface area contributed by atoms with Gasteiger partial charge in [0, 0.05) is 18.3 Å². The van der Waals surface area contributed by atoms with Crippen molar-refractivity contribution in [2.24, 2.45) is 5.92 Å². The smallest absolute Gasteiger partial charge is 0.325 e. The maximum atomic E-state index is 12.9. The lowest BCUT2D eigenvalue weighted by atomic mass is 9.73. The van der Waals surface area contributed by atoms with E-state index in [-0.39, 0.29) is 30.8 Å². The quantitative estimate of drug-likeness (QED) is 0.757. The molecule has 1 aliphatic carbocycles. The van der Waals surface area contributed by atoms with E-state index < -0.39 is 11.6 Å². The average Bonchev–Trinajstić information content (AvgIpc) is 3.29. The van der Waals surface area contributed by atoms with Crippen molar-refractivity contribution in [3.8, 4) is 5.69 Å². The monoisotopic (exact) mass is 395 g/mol. The van der Waals surface area contributed by atoms with E-state index in [4.69, 9.17) is 0 Å². The molecule has 4 rings (SSSR count). The van der Waals surface area contributed by atoms with Crippen molar-refractivity contribution in [3.63, 3.8) is 0 Å². The zero-order chi connectivity index (χ0) is 20.4. The zero-order valence-corrected chi connectivity index (χ0v) is 16.4. The molecule has 4 amide bonds. The van der Waals surface area contributed by atoms with Gasteiger partial charge < -0.3 is 10.6 Å². The second-order valence-corrected chi connectivity index (χ2v) is 7.85. The Morgan fingerprint density at radius 3 is 2.83 bits per heavy atom. The standard InChI is InChI=1S/C21H25N5O3/c1-15-7-5-6-10-21(15)19(28)25(20(29)24-21)14-18(27)22-11-16-12-23-26(13-16)17-8-3-2-4-9-17/h2-4,8-9,12-13,15H,5-7,10-11,14H2,1H3,(H,22,27)(H,24,29). The predicted octanol–water partition coefficient (Wildman–Crippen LogP) is 1.99. The van der Waals surface area contributed by atoms with E-state index in [1.54, 1.807) is 10.9 Å². The van der Waals surface area contributed by atoms with Gasteiger partial charge in [0.05, 0.1) is 11.9 Å². The Kier molecular flexibility index (Phi) is 5.08. The van der Waals surface area contributed by atoms with E-state index in [9.17, 15) is 14.4 Å². The number of nitrogens with zero attached hydrogens (tertiary/aromatic N) is 3. The molecule has 0 radical (unpaired) electrons. The van der Waals surface area contributed by atoms with E-state index in [0.29, 0.717) is 6.42 Å². The summed E-state index contributed by atoms with van der Waals surface area (Å²) in [5.74, 6) is -0.576. The van der Waals surface area contributed by atoms with Crippen LogP contribution in [0.3, 0.4) is 0 Å². The van der Waals surface area contributed by atoms with Crippen molar-refractivity contribution in [2.75, 3.05) is 6.54 Å². The molecule has 1 aliphatic heterocycles. The first-order chi connectivity index (χ1) is 14.0. The van der Waals surface area contributed by atoms with Crippen molar-refractivity contribution in [3.05, 3.63) is 48.3 Å². The van der Waals surface area contributed by atoms with Crippen molar-refractivity contribution < 1.29 is 14.4 Å². The van der Waals surface area contributed by atoms with Crippen LogP contribution in [-0.2, 0) is 16.1 Å². The number of carbonyl (C=O) groups excluding carboxylic acids is 3. The first kappa shape index (κ1) is 19.2. The van der Waals surface area contributed by atoms with Crippen LogP contribution in [0.15, 0.2) is 42.7 Å². The molecule has 2 fully saturated rings. The molecule has 2 aliphatic rings. The molecule has 1 aromatic heterocycles. The number of aromatic nitrogens is 2. The molecule has 8 nitrogen and oxygen atoms in total. The molecule has 2 atom stereocenters. The second kappa shape index (κ2) is 7.69. The third-order valence-corrected chi connectivity index (χ3v) is 5.95. The summed E-state index contributed by atoms with van der Waals surface area (Å²) in [6, 6.07) is 9.19. The second-order valence-electron chi connectivity index (χ2n) is 7.85. The van der Waals surface area contributed by atoms with Gasteiger partial charge in [0.25, 0.3) is 5.91 Å². The number of nitrogens with one attached hydrogen (secondary N) is 2. The number of carbonyl (C=O) groups is 3. The van der Waals surface area contributed by atoms with Crippen LogP contribution in [0.4, 0.5) is 4.79 Å². The summed E-state index contributed by atoms with van der Waals surface area (Å²) in [7, 11) is 0. The van der Waals surface area contributed by atoms with Crippen molar-refractivity contribution in [1.82, 2.24) is 25.3 Å². The van der Waals surface area contributed by atoms with E-state index in [1.165, 1.54) is 0 Å². The minimum absolute atomic E-state index is 0.0737. The Morgan fingerprint density at radius 2 is 2.07 bits per heavy atom. The van der Waals surface area contributed by atoms with E-state index >= 15 is 0 Å². The van der Waals surface area contributed by atoms with Gasteiger partial charge in [0.1, 0.15) is 12.1 Å². The normalized spacial score (nSPS) is 24.0. The van der Waals surface area contributed by atoms with Gasteiger partial charge >= 0.3 is 6.03 Å². The molecule has 2 aromatic rings. The highest BCUT2D eigenvalue weighted by Gasteiger charge is 2.55. The van der Waals surface area contributed by atoms with Gasteiger partial charge in [-0.3, -0.25) is 14.5 Å². The number of benzene rings is 1. The van der Waals surface area contributed by atoms with E-state index in [2.05, 4.69) is 15.7 Å². The summed E-state index contributed by atoms with van der Waals surface area (Å²) in [6.45, 7) is 1.99. The number of hydrogen-bond donors (Lipinski definition) is 2. The molecule has 0 bridgehead atoms. The summed E-state index contributed by atoms with van der Waals surface area (Å²) in [6.07, 6.45) is 7.01. The predicted molar refractivity (Wildman–Crippen MR) is 106 cm³/mol. The van der Waals surface area contributed by atoms with Crippen LogP contribution in [0.2, 0.25) is 0 Å². The number of urea groups is 1. The Labute approximate surface area is 169 Å². The van der Waals surface area contributed by atoms with Gasteiger partial charge in [-0.15, -0.1) is 0 Å². The van der Waals surface area contributed by atoms with Crippen molar-refractivity contribution in [1.29, 1.82) is 0 Å². The lowest BCUT2D eigenvalue weighted by Crippen LogP contribution is -2.54. The van der Waals surface area contributed by atoms with Crippen LogP contribution in [-0.4, -0.2) is 44.6 Å². The number of amides is 4. The van der Waals surface area contributed by atoms with Crippen LogP contribution in [0.1, 0.15) is 38.2 Å². The van der Waals surface area contributed by atoms with Crippen LogP contribution >= 0.6 is 0 Å².